The van der Waals surface area contributed by atoms with Crippen molar-refractivity contribution in [3.05, 3.63) is 53.3 Å². The van der Waals surface area contributed by atoms with Gasteiger partial charge in [-0.1, -0.05) is 31.5 Å². The monoisotopic (exact) mass is 544 g/mol. The minimum atomic E-state index is -0.616. The van der Waals surface area contributed by atoms with E-state index in [0.29, 0.717) is 48.5 Å². The summed E-state index contributed by atoms with van der Waals surface area (Å²) in [7, 11) is 1.63. The molecule has 0 saturated heterocycles. The van der Waals surface area contributed by atoms with Gasteiger partial charge >= 0.3 is 6.09 Å². The molecule has 0 fully saturated rings. The number of hydrogen-bond acceptors (Lipinski definition) is 5. The van der Waals surface area contributed by atoms with E-state index in [-0.39, 0.29) is 30.4 Å². The molecule has 7 nitrogen and oxygen atoms in total. The number of methoxy groups -OCH3 is 1. The van der Waals surface area contributed by atoms with E-state index in [1.54, 1.807) is 57.0 Å². The molecule has 2 rings (SSSR count). The van der Waals surface area contributed by atoms with E-state index in [4.69, 9.17) is 14.2 Å². The number of alkyl carbamates (subject to hydrolysis) is 1. The highest BCUT2D eigenvalue weighted by Gasteiger charge is 2.28. The van der Waals surface area contributed by atoms with Crippen molar-refractivity contribution in [2.45, 2.75) is 85.4 Å². The fourth-order valence-electron chi connectivity index (χ4n) is 4.42. The first-order chi connectivity index (χ1) is 18.4. The van der Waals surface area contributed by atoms with Gasteiger partial charge in [0.15, 0.2) is 0 Å². The van der Waals surface area contributed by atoms with Gasteiger partial charge in [0.2, 0.25) is 0 Å². The standard InChI is InChI=1S/C31H45FN2O5/c1-9-13-23-18-26(24-14-10-11-15-27(24)32)28(38-17-12-16-37-8)19-25(23)29(35)34(21(2)3)22(4)20-33-30(36)39-31(5,6)7/h10-11,14-15,18-19,21-22H,9,12-13,16-17,20H2,1-8H3,(H,33,36)/t22-/m1/s1. The first-order valence-corrected chi connectivity index (χ1v) is 13.7. The predicted octanol–water partition coefficient (Wildman–Crippen LogP) is 6.62. The van der Waals surface area contributed by atoms with E-state index >= 15 is 0 Å². The Morgan fingerprint density at radius 3 is 2.33 bits per heavy atom. The van der Waals surface area contributed by atoms with Gasteiger partial charge in [0.1, 0.15) is 17.2 Å². The molecule has 0 aliphatic rings. The van der Waals surface area contributed by atoms with Crippen LogP contribution in [0.25, 0.3) is 11.1 Å². The molecule has 8 heteroatoms. The van der Waals surface area contributed by atoms with Gasteiger partial charge in [0.25, 0.3) is 5.91 Å². The minimum Gasteiger partial charge on any atom is -0.493 e. The largest absolute Gasteiger partial charge is 0.493 e. The van der Waals surface area contributed by atoms with E-state index < -0.39 is 11.7 Å². The molecule has 0 aromatic heterocycles. The second-order valence-electron chi connectivity index (χ2n) is 11.0. The fourth-order valence-corrected chi connectivity index (χ4v) is 4.42. The summed E-state index contributed by atoms with van der Waals surface area (Å²) in [5, 5.41) is 2.78. The molecular weight excluding hydrogens is 499 g/mol. The van der Waals surface area contributed by atoms with Gasteiger partial charge < -0.3 is 24.4 Å². The Morgan fingerprint density at radius 2 is 1.74 bits per heavy atom. The zero-order valence-electron chi connectivity index (χ0n) is 24.7. The summed E-state index contributed by atoms with van der Waals surface area (Å²) in [6.07, 6.45) is 1.57. The van der Waals surface area contributed by atoms with E-state index in [2.05, 4.69) is 5.32 Å². The van der Waals surface area contributed by atoms with Crippen LogP contribution in [0.4, 0.5) is 9.18 Å². The van der Waals surface area contributed by atoms with Crippen LogP contribution >= 0.6 is 0 Å². The number of benzene rings is 2. The van der Waals surface area contributed by atoms with Gasteiger partial charge in [-0.3, -0.25) is 4.79 Å². The molecule has 0 radical (unpaired) electrons. The summed E-state index contributed by atoms with van der Waals surface area (Å²) >= 11 is 0. The number of ether oxygens (including phenoxy) is 3. The maximum atomic E-state index is 14.9. The maximum Gasteiger partial charge on any atom is 0.407 e. The lowest BCUT2D eigenvalue weighted by Gasteiger charge is -2.34. The third-order valence-corrected chi connectivity index (χ3v) is 6.08. The van der Waals surface area contributed by atoms with Crippen LogP contribution in [0.2, 0.25) is 0 Å². The van der Waals surface area contributed by atoms with Crippen molar-refractivity contribution in [2.24, 2.45) is 0 Å². The summed E-state index contributed by atoms with van der Waals surface area (Å²) in [6, 6.07) is 9.74. The van der Waals surface area contributed by atoms with Crippen molar-refractivity contribution >= 4 is 12.0 Å². The molecule has 1 N–H and O–H groups in total. The van der Waals surface area contributed by atoms with Crippen LogP contribution in [0, 0.1) is 5.82 Å². The quantitative estimate of drug-likeness (QED) is 0.287. The molecule has 2 amide bonds. The van der Waals surface area contributed by atoms with Crippen LogP contribution in [0.1, 0.15) is 77.2 Å². The summed E-state index contributed by atoms with van der Waals surface area (Å²) in [5.41, 5.74) is 1.75. The number of nitrogens with one attached hydrogen (secondary N) is 1. The lowest BCUT2D eigenvalue weighted by Crippen LogP contribution is -2.49. The highest BCUT2D eigenvalue weighted by molar-refractivity contribution is 5.98. The van der Waals surface area contributed by atoms with Gasteiger partial charge in [-0.2, -0.15) is 0 Å². The van der Waals surface area contributed by atoms with Gasteiger partial charge in [0, 0.05) is 55.5 Å². The molecule has 216 valence electrons. The Labute approximate surface area is 233 Å². The predicted molar refractivity (Wildman–Crippen MR) is 153 cm³/mol. The number of halogens is 1. The van der Waals surface area contributed by atoms with Crippen LogP contribution < -0.4 is 10.1 Å². The average molecular weight is 545 g/mol. The second kappa shape index (κ2) is 14.9. The first-order valence-electron chi connectivity index (χ1n) is 13.7. The number of aryl methyl sites for hydroxylation is 1. The van der Waals surface area contributed by atoms with Gasteiger partial charge in [-0.05, 0) is 71.7 Å². The third-order valence-electron chi connectivity index (χ3n) is 6.08. The highest BCUT2D eigenvalue weighted by Crippen LogP contribution is 2.36. The Hall–Kier alpha value is -3.13. The molecule has 2 aromatic carbocycles. The van der Waals surface area contributed by atoms with E-state index in [9.17, 15) is 14.0 Å². The average Bonchev–Trinajstić information content (AvgIpc) is 2.85. The van der Waals surface area contributed by atoms with Crippen molar-refractivity contribution in [3.63, 3.8) is 0 Å². The smallest absolute Gasteiger partial charge is 0.407 e. The molecule has 0 heterocycles. The summed E-state index contributed by atoms with van der Waals surface area (Å²) in [4.78, 5) is 28.1. The number of carbonyl (C=O) groups is 2. The summed E-state index contributed by atoms with van der Waals surface area (Å²) in [5.74, 6) is -0.0807. The Balaban J connectivity index is 2.48. The zero-order chi connectivity index (χ0) is 29.2. The van der Waals surface area contributed by atoms with Gasteiger partial charge in [-0.25, -0.2) is 9.18 Å². The lowest BCUT2D eigenvalue weighted by atomic mass is 9.94. The molecule has 39 heavy (non-hydrogen) atoms. The van der Waals surface area contributed by atoms with E-state index in [1.165, 1.54) is 6.07 Å². The van der Waals surface area contributed by atoms with Crippen molar-refractivity contribution in [1.82, 2.24) is 10.2 Å². The van der Waals surface area contributed by atoms with Crippen molar-refractivity contribution in [3.8, 4) is 16.9 Å². The van der Waals surface area contributed by atoms with Crippen LogP contribution in [0.15, 0.2) is 36.4 Å². The minimum absolute atomic E-state index is 0.139. The topological polar surface area (TPSA) is 77.1 Å². The SMILES string of the molecule is CCCc1cc(-c2ccccc2F)c(OCCCOC)cc1C(=O)N(C(C)C)[C@H](C)CNC(=O)OC(C)(C)C. The Bertz CT molecular complexity index is 1100. The molecule has 0 aliphatic heterocycles. The van der Waals surface area contributed by atoms with Crippen molar-refractivity contribution < 1.29 is 28.2 Å². The molecule has 1 atom stereocenters. The number of hydrogen-bond donors (Lipinski definition) is 1. The number of carbonyl (C=O) groups excluding carboxylic acids is 2. The third kappa shape index (κ3) is 9.53. The molecule has 0 aliphatic carbocycles. The van der Waals surface area contributed by atoms with Crippen LogP contribution in [-0.2, 0) is 15.9 Å². The molecule has 0 saturated carbocycles. The molecule has 2 aromatic rings. The van der Waals surface area contributed by atoms with E-state index in [1.807, 2.05) is 33.8 Å². The Morgan fingerprint density at radius 1 is 1.05 bits per heavy atom. The summed E-state index contributed by atoms with van der Waals surface area (Å²) in [6.45, 7) is 14.3. The molecule has 0 spiro atoms. The van der Waals surface area contributed by atoms with Crippen molar-refractivity contribution in [2.75, 3.05) is 26.9 Å². The van der Waals surface area contributed by atoms with Gasteiger partial charge in [-0.15, -0.1) is 0 Å². The zero-order valence-corrected chi connectivity index (χ0v) is 24.7. The highest BCUT2D eigenvalue weighted by atomic mass is 19.1. The molecular formula is C31H45FN2O5. The number of rotatable bonds is 13. The maximum absolute atomic E-state index is 14.9. The van der Waals surface area contributed by atoms with Crippen molar-refractivity contribution in [1.29, 1.82) is 0 Å². The molecule has 0 bridgehead atoms. The van der Waals surface area contributed by atoms with Gasteiger partial charge in [0.05, 0.1) is 6.61 Å². The normalized spacial score (nSPS) is 12.3. The fraction of sp³-hybridized carbons (Fsp3) is 0.548. The molecule has 0 unspecified atom stereocenters. The summed E-state index contributed by atoms with van der Waals surface area (Å²) < 4.78 is 31.5. The van der Waals surface area contributed by atoms with E-state index in [0.717, 1.165) is 12.0 Å². The van der Waals surface area contributed by atoms with Crippen LogP contribution in [-0.4, -0.2) is 61.5 Å². The van der Waals surface area contributed by atoms with Crippen LogP contribution in [0.5, 0.6) is 5.75 Å². The lowest BCUT2D eigenvalue weighted by molar-refractivity contribution is 0.0473. The Kier molecular flexibility index (Phi) is 12.2. The first kappa shape index (κ1) is 32.1. The number of nitrogens with zero attached hydrogens (tertiary/aromatic N) is 1. The van der Waals surface area contributed by atoms with Crippen LogP contribution in [0.3, 0.4) is 0 Å². The second-order valence-corrected chi connectivity index (χ2v) is 11.0. The number of amides is 2.